The lowest BCUT2D eigenvalue weighted by molar-refractivity contribution is -0.114. The summed E-state index contributed by atoms with van der Waals surface area (Å²) in [5, 5.41) is 9.12. The Morgan fingerprint density at radius 1 is 1.22 bits per heavy atom. The maximum absolute atomic E-state index is 12.9. The third-order valence-corrected chi connectivity index (χ3v) is 3.68. The van der Waals surface area contributed by atoms with E-state index in [4.69, 9.17) is 20.5 Å². The molecular formula is C19H14N4O4. The van der Waals surface area contributed by atoms with Crippen LogP contribution in [0.3, 0.4) is 0 Å². The number of aromatic nitrogens is 2. The Morgan fingerprint density at radius 3 is 2.59 bits per heavy atom. The van der Waals surface area contributed by atoms with Crippen molar-refractivity contribution in [1.82, 2.24) is 9.38 Å². The van der Waals surface area contributed by atoms with Gasteiger partial charge in [0.2, 0.25) is 5.88 Å². The van der Waals surface area contributed by atoms with Crippen LogP contribution in [0.5, 0.6) is 17.4 Å². The lowest BCUT2D eigenvalue weighted by Gasteiger charge is -2.12. The van der Waals surface area contributed by atoms with E-state index in [1.807, 2.05) is 0 Å². The molecule has 0 radical (unpaired) electrons. The number of nitrogens with two attached hydrogens (primary N) is 1. The van der Waals surface area contributed by atoms with Gasteiger partial charge in [0.25, 0.3) is 11.5 Å². The molecule has 134 valence electrons. The first-order valence-corrected chi connectivity index (χ1v) is 7.79. The fourth-order valence-corrected chi connectivity index (χ4v) is 2.39. The van der Waals surface area contributed by atoms with Gasteiger partial charge in [0.05, 0.1) is 7.11 Å². The minimum atomic E-state index is -0.960. The predicted octanol–water partition coefficient (Wildman–Crippen LogP) is 1.89. The summed E-state index contributed by atoms with van der Waals surface area (Å²) in [4.78, 5) is 28.6. The van der Waals surface area contributed by atoms with Crippen molar-refractivity contribution in [2.45, 2.75) is 0 Å². The largest absolute Gasteiger partial charge is 0.493 e. The molecule has 2 aromatic heterocycles. The van der Waals surface area contributed by atoms with Crippen LogP contribution < -0.4 is 20.8 Å². The highest BCUT2D eigenvalue weighted by Crippen LogP contribution is 2.31. The number of primary amides is 1. The van der Waals surface area contributed by atoms with Crippen molar-refractivity contribution >= 4 is 17.6 Å². The summed E-state index contributed by atoms with van der Waals surface area (Å²) in [7, 11) is 1.48. The van der Waals surface area contributed by atoms with Gasteiger partial charge in [-0.3, -0.25) is 14.0 Å². The lowest BCUT2D eigenvalue weighted by atomic mass is 10.2. The van der Waals surface area contributed by atoms with Crippen molar-refractivity contribution in [3.05, 3.63) is 70.2 Å². The molecule has 8 heteroatoms. The molecule has 1 aromatic carbocycles. The number of carbonyl (C=O) groups is 1. The second-order valence-corrected chi connectivity index (χ2v) is 5.35. The van der Waals surface area contributed by atoms with Crippen LogP contribution in [0.4, 0.5) is 0 Å². The van der Waals surface area contributed by atoms with Crippen molar-refractivity contribution in [2.75, 3.05) is 7.11 Å². The van der Waals surface area contributed by atoms with Gasteiger partial charge in [-0.1, -0.05) is 18.2 Å². The number of nitriles is 1. The number of hydrogen-bond donors (Lipinski definition) is 1. The van der Waals surface area contributed by atoms with E-state index in [1.54, 1.807) is 48.5 Å². The number of nitrogens with zero attached hydrogens (tertiary/aromatic N) is 3. The molecule has 0 aliphatic carbocycles. The molecule has 0 spiro atoms. The molecule has 8 nitrogen and oxygen atoms in total. The van der Waals surface area contributed by atoms with Crippen LogP contribution in [-0.2, 0) is 4.79 Å². The Balaban J connectivity index is 2.27. The fraction of sp³-hybridized carbons (Fsp3) is 0.0526. The molecule has 2 heterocycles. The van der Waals surface area contributed by atoms with E-state index in [-0.39, 0.29) is 11.4 Å². The van der Waals surface area contributed by atoms with Crippen molar-refractivity contribution in [3.63, 3.8) is 0 Å². The van der Waals surface area contributed by atoms with E-state index in [0.717, 1.165) is 6.08 Å². The zero-order valence-electron chi connectivity index (χ0n) is 14.2. The van der Waals surface area contributed by atoms with Gasteiger partial charge in [-0.05, 0) is 30.3 Å². The van der Waals surface area contributed by atoms with Crippen LogP contribution in [0.25, 0.3) is 11.7 Å². The standard InChI is InChI=1S/C19H14N4O4/c1-26-14-6-2-3-7-15(14)27-18-13(10-12(11-20)17(21)24)19(25)23-9-5-4-8-16(23)22-18/h2-10H,1H3,(H2,21,24). The summed E-state index contributed by atoms with van der Waals surface area (Å²) in [6.45, 7) is 0. The smallest absolute Gasteiger partial charge is 0.269 e. The van der Waals surface area contributed by atoms with Crippen molar-refractivity contribution in [3.8, 4) is 23.4 Å². The number of pyridine rings is 1. The lowest BCUT2D eigenvalue weighted by Crippen LogP contribution is -2.20. The van der Waals surface area contributed by atoms with Gasteiger partial charge in [0.15, 0.2) is 11.5 Å². The summed E-state index contributed by atoms with van der Waals surface area (Å²) in [5.74, 6) is -0.291. The van der Waals surface area contributed by atoms with Crippen LogP contribution in [-0.4, -0.2) is 22.4 Å². The fourth-order valence-electron chi connectivity index (χ4n) is 2.39. The molecule has 1 amide bonds. The monoisotopic (exact) mass is 362 g/mol. The zero-order chi connectivity index (χ0) is 19.4. The predicted molar refractivity (Wildman–Crippen MR) is 97.3 cm³/mol. The first-order chi connectivity index (χ1) is 13.0. The molecule has 0 unspecified atom stereocenters. The molecule has 3 aromatic rings. The van der Waals surface area contributed by atoms with Crippen molar-refractivity contribution in [2.24, 2.45) is 5.73 Å². The van der Waals surface area contributed by atoms with Crippen molar-refractivity contribution in [1.29, 1.82) is 5.26 Å². The van der Waals surface area contributed by atoms with Gasteiger partial charge in [0.1, 0.15) is 22.9 Å². The van der Waals surface area contributed by atoms with Gasteiger partial charge < -0.3 is 15.2 Å². The number of carbonyl (C=O) groups excluding carboxylic acids is 1. The Morgan fingerprint density at radius 2 is 1.93 bits per heavy atom. The number of amides is 1. The number of ether oxygens (including phenoxy) is 2. The highest BCUT2D eigenvalue weighted by molar-refractivity contribution is 6.00. The van der Waals surface area contributed by atoms with E-state index in [2.05, 4.69) is 4.98 Å². The summed E-state index contributed by atoms with van der Waals surface area (Å²) in [6.07, 6.45) is 2.59. The average Bonchev–Trinajstić information content (AvgIpc) is 2.68. The maximum Gasteiger partial charge on any atom is 0.269 e. The molecule has 0 aliphatic rings. The Labute approximate surface area is 153 Å². The molecule has 0 saturated heterocycles. The molecule has 0 fully saturated rings. The average molecular weight is 362 g/mol. The zero-order valence-corrected chi connectivity index (χ0v) is 14.2. The van der Waals surface area contributed by atoms with E-state index >= 15 is 0 Å². The Bertz CT molecular complexity index is 1160. The topological polar surface area (TPSA) is 120 Å². The van der Waals surface area contributed by atoms with Gasteiger partial charge in [-0.25, -0.2) is 0 Å². The van der Waals surface area contributed by atoms with Crippen LogP contribution >= 0.6 is 0 Å². The third-order valence-electron chi connectivity index (χ3n) is 3.68. The second-order valence-electron chi connectivity index (χ2n) is 5.35. The SMILES string of the molecule is COc1ccccc1Oc1nc2ccccn2c(=O)c1C=C(C#N)C(N)=O. The molecule has 0 bridgehead atoms. The highest BCUT2D eigenvalue weighted by Gasteiger charge is 2.17. The van der Waals surface area contributed by atoms with Crippen LogP contribution in [0.2, 0.25) is 0 Å². The maximum atomic E-state index is 12.9. The number of hydrogen-bond acceptors (Lipinski definition) is 6. The minimum absolute atomic E-state index is 0.0790. The molecule has 27 heavy (non-hydrogen) atoms. The van der Waals surface area contributed by atoms with Crippen molar-refractivity contribution < 1.29 is 14.3 Å². The number of fused-ring (bicyclic) bond motifs is 1. The summed E-state index contributed by atoms with van der Waals surface area (Å²) in [5.41, 5.74) is 4.53. The first-order valence-electron chi connectivity index (χ1n) is 7.79. The normalized spacial score (nSPS) is 11.0. The Kier molecular flexibility index (Phi) is 4.86. The van der Waals surface area contributed by atoms with E-state index < -0.39 is 17.0 Å². The second kappa shape index (κ2) is 7.41. The van der Waals surface area contributed by atoms with Gasteiger partial charge >= 0.3 is 0 Å². The van der Waals surface area contributed by atoms with Gasteiger partial charge in [-0.15, -0.1) is 0 Å². The highest BCUT2D eigenvalue weighted by atomic mass is 16.5. The minimum Gasteiger partial charge on any atom is -0.493 e. The number of benzene rings is 1. The van der Waals surface area contributed by atoms with Gasteiger partial charge in [-0.2, -0.15) is 10.2 Å². The summed E-state index contributed by atoms with van der Waals surface area (Å²) >= 11 is 0. The molecule has 0 saturated carbocycles. The molecule has 3 rings (SSSR count). The van der Waals surface area contributed by atoms with Crippen LogP contribution in [0.1, 0.15) is 5.56 Å². The third kappa shape index (κ3) is 3.48. The molecule has 0 aliphatic heterocycles. The molecular weight excluding hydrogens is 348 g/mol. The van der Waals surface area contributed by atoms with E-state index in [0.29, 0.717) is 17.1 Å². The van der Waals surface area contributed by atoms with E-state index in [1.165, 1.54) is 17.7 Å². The molecule has 2 N–H and O–H groups in total. The summed E-state index contributed by atoms with van der Waals surface area (Å²) in [6, 6.07) is 13.5. The number of methoxy groups -OCH3 is 1. The van der Waals surface area contributed by atoms with E-state index in [9.17, 15) is 9.59 Å². The van der Waals surface area contributed by atoms with Crippen LogP contribution in [0, 0.1) is 11.3 Å². The van der Waals surface area contributed by atoms with Crippen LogP contribution in [0.15, 0.2) is 59.0 Å². The number of rotatable bonds is 5. The number of para-hydroxylation sites is 2. The summed E-state index contributed by atoms with van der Waals surface area (Å²) < 4.78 is 12.3. The van der Waals surface area contributed by atoms with Gasteiger partial charge in [0, 0.05) is 6.20 Å². The Hall–Kier alpha value is -4.12. The quantitative estimate of drug-likeness (QED) is 0.547. The molecule has 0 atom stereocenters. The first kappa shape index (κ1) is 17.7.